The number of para-hydroxylation sites is 1. The summed E-state index contributed by atoms with van der Waals surface area (Å²) in [4.78, 5) is 66.4. The van der Waals surface area contributed by atoms with Gasteiger partial charge in [0.25, 0.3) is 0 Å². The molecule has 3 amide bonds. The Kier molecular flexibility index (Phi) is 14.8. The average Bonchev–Trinajstić information content (AvgIpc) is 3.88. The number of aromatic nitrogens is 1. The number of benzene rings is 4. The number of carbonyl (C=O) groups excluding carboxylic acids is 4. The number of guanidine groups is 1. The Morgan fingerprint density at radius 2 is 1.50 bits per heavy atom. The Bertz CT molecular complexity index is 2150. The molecule has 6 rings (SSSR count). The number of nitrogens with two attached hydrogens (primary N) is 2. The lowest BCUT2D eigenvalue weighted by atomic mass is 10.0. The molecule has 4 aromatic carbocycles. The van der Waals surface area contributed by atoms with Crippen molar-refractivity contribution in [3.05, 3.63) is 136 Å². The number of hydrogen-bond acceptors (Lipinski definition) is 9. The number of hydrogen-bond donors (Lipinski definition) is 4. The number of aryl methyl sites for hydroxylation is 1. The van der Waals surface area contributed by atoms with E-state index in [0.29, 0.717) is 23.4 Å². The molecule has 1 fully saturated rings. The van der Waals surface area contributed by atoms with Crippen LogP contribution in [0.25, 0.3) is 10.2 Å². The summed E-state index contributed by atoms with van der Waals surface area (Å²) in [5, 5.41) is 6.55. The van der Waals surface area contributed by atoms with E-state index in [4.69, 9.17) is 32.5 Å². The number of amides is 3. The number of aliphatic imine (C=N–C) groups is 1. The SMILES string of the molecule is NC(N)=NCCC[C@H](NC(=O)[C@@H]1C[C@@H](OCc2ccc(Cl)cc2)CN1C(=O)[C@@H](CCc1ccccc1)NC(=O)OCc1ccccc1)C(=O)c1nc2ccccc2s1. The summed E-state index contributed by atoms with van der Waals surface area (Å²) in [6.45, 7) is 0.526. The molecule has 302 valence electrons. The van der Waals surface area contributed by atoms with Crippen molar-refractivity contribution < 1.29 is 28.7 Å². The molecule has 13 nitrogen and oxygen atoms in total. The molecular formula is C43H46ClN7O6S. The van der Waals surface area contributed by atoms with Crippen LogP contribution in [0.15, 0.2) is 114 Å². The van der Waals surface area contributed by atoms with Crippen LogP contribution in [0.2, 0.25) is 5.02 Å². The first kappa shape index (κ1) is 41.8. The van der Waals surface area contributed by atoms with Gasteiger partial charge in [-0.1, -0.05) is 96.5 Å². The smallest absolute Gasteiger partial charge is 0.408 e. The Balaban J connectivity index is 1.24. The highest BCUT2D eigenvalue weighted by atomic mass is 35.5. The normalized spacial score (nSPS) is 16.0. The van der Waals surface area contributed by atoms with Gasteiger partial charge in [0, 0.05) is 24.5 Å². The number of Topliss-reactive ketones (excluding diaryl/α,β-unsaturated/α-hetero) is 1. The molecule has 1 aliphatic heterocycles. The van der Waals surface area contributed by atoms with Gasteiger partial charge in [-0.3, -0.25) is 19.4 Å². The van der Waals surface area contributed by atoms with E-state index < -0.39 is 42.1 Å². The largest absolute Gasteiger partial charge is 0.445 e. The van der Waals surface area contributed by atoms with Crippen molar-refractivity contribution in [3.8, 4) is 0 Å². The molecule has 5 aromatic rings. The maximum atomic E-state index is 14.7. The predicted molar refractivity (Wildman–Crippen MR) is 224 cm³/mol. The fourth-order valence-electron chi connectivity index (χ4n) is 6.69. The molecule has 15 heteroatoms. The molecule has 1 saturated heterocycles. The zero-order valence-electron chi connectivity index (χ0n) is 31.8. The van der Waals surface area contributed by atoms with E-state index in [1.165, 1.54) is 16.2 Å². The highest BCUT2D eigenvalue weighted by molar-refractivity contribution is 7.20. The monoisotopic (exact) mass is 823 g/mol. The van der Waals surface area contributed by atoms with Crippen LogP contribution in [0.5, 0.6) is 0 Å². The summed E-state index contributed by atoms with van der Waals surface area (Å²) >= 11 is 7.33. The Hall–Kier alpha value is -5.83. The standard InChI is InChI=1S/C43H46ClN7O6S/c44-31-20-17-30(18-21-31)26-56-32-24-36(39(53)48-34(15-9-23-47-42(45)46)38(52)40-49-33-14-7-8-16-37(33)58-40)51(25-32)41(54)35(22-19-28-10-3-1-4-11-28)50-43(55)57-27-29-12-5-2-6-13-29/h1-8,10-14,16-18,20-21,32,34-36H,9,15,19,22-27H2,(H,48,53)(H,50,55)(H4,45,46,47)/t32-,34+,35-,36+/m1/s1. The van der Waals surface area contributed by atoms with Crippen LogP contribution in [0.3, 0.4) is 0 Å². The van der Waals surface area contributed by atoms with Gasteiger partial charge in [-0.2, -0.15) is 0 Å². The van der Waals surface area contributed by atoms with Crippen molar-refractivity contribution in [2.75, 3.05) is 13.1 Å². The van der Waals surface area contributed by atoms with Gasteiger partial charge in [0.15, 0.2) is 11.0 Å². The highest BCUT2D eigenvalue weighted by Gasteiger charge is 2.43. The number of nitrogens with one attached hydrogen (secondary N) is 2. The van der Waals surface area contributed by atoms with Gasteiger partial charge in [-0.25, -0.2) is 9.78 Å². The lowest BCUT2D eigenvalue weighted by Gasteiger charge is -2.29. The van der Waals surface area contributed by atoms with Crippen LogP contribution in [0, 0.1) is 0 Å². The van der Waals surface area contributed by atoms with E-state index in [2.05, 4.69) is 20.6 Å². The third-order valence-electron chi connectivity index (χ3n) is 9.70. The zero-order valence-corrected chi connectivity index (χ0v) is 33.4. The first-order valence-electron chi connectivity index (χ1n) is 19.1. The van der Waals surface area contributed by atoms with E-state index in [1.54, 1.807) is 12.1 Å². The van der Waals surface area contributed by atoms with Crippen LogP contribution < -0.4 is 22.1 Å². The summed E-state index contributed by atoms with van der Waals surface area (Å²) in [5.41, 5.74) is 14.4. The van der Waals surface area contributed by atoms with Gasteiger partial charge in [-0.05, 0) is 66.6 Å². The van der Waals surface area contributed by atoms with Gasteiger partial charge >= 0.3 is 6.09 Å². The van der Waals surface area contributed by atoms with Crippen LogP contribution in [0.4, 0.5) is 4.79 Å². The second-order valence-corrected chi connectivity index (χ2v) is 15.4. The number of thiazole rings is 1. The van der Waals surface area contributed by atoms with Crippen molar-refractivity contribution in [2.24, 2.45) is 16.5 Å². The molecule has 0 spiro atoms. The molecule has 4 atom stereocenters. The molecule has 0 radical (unpaired) electrons. The second-order valence-electron chi connectivity index (χ2n) is 13.9. The molecule has 0 unspecified atom stereocenters. The van der Waals surface area contributed by atoms with Crippen molar-refractivity contribution in [1.29, 1.82) is 0 Å². The second kappa shape index (κ2) is 20.5. The lowest BCUT2D eigenvalue weighted by molar-refractivity contribution is -0.140. The topological polar surface area (TPSA) is 191 Å². The Morgan fingerprint density at radius 1 is 0.828 bits per heavy atom. The van der Waals surface area contributed by atoms with E-state index in [9.17, 15) is 19.2 Å². The molecule has 1 aliphatic rings. The zero-order chi connectivity index (χ0) is 40.9. The molecule has 6 N–H and O–H groups in total. The molecule has 1 aromatic heterocycles. The van der Waals surface area contributed by atoms with Crippen molar-refractivity contribution in [3.63, 3.8) is 0 Å². The summed E-state index contributed by atoms with van der Waals surface area (Å²) in [6.07, 6.45) is 0.119. The number of likely N-dealkylation sites (tertiary alicyclic amines) is 1. The van der Waals surface area contributed by atoms with Gasteiger partial charge in [0.2, 0.25) is 17.6 Å². The van der Waals surface area contributed by atoms with Crippen molar-refractivity contribution in [1.82, 2.24) is 20.5 Å². The average molecular weight is 824 g/mol. The number of carbonyl (C=O) groups is 4. The summed E-state index contributed by atoms with van der Waals surface area (Å²) in [7, 11) is 0. The van der Waals surface area contributed by atoms with Gasteiger partial charge in [-0.15, -0.1) is 11.3 Å². The van der Waals surface area contributed by atoms with Gasteiger partial charge in [0.05, 0.1) is 29.0 Å². The molecule has 0 aliphatic carbocycles. The van der Waals surface area contributed by atoms with Gasteiger partial charge in [0.1, 0.15) is 18.7 Å². The minimum Gasteiger partial charge on any atom is -0.445 e. The molecule has 0 saturated carbocycles. The third-order valence-corrected chi connectivity index (χ3v) is 11.0. The fraction of sp³-hybridized carbons (Fsp3) is 0.302. The Morgan fingerprint density at radius 3 is 2.21 bits per heavy atom. The summed E-state index contributed by atoms with van der Waals surface area (Å²) in [6, 6.07) is 30.3. The van der Waals surface area contributed by atoms with Crippen LogP contribution in [-0.2, 0) is 38.7 Å². The predicted octanol–water partition coefficient (Wildman–Crippen LogP) is 5.78. The third kappa shape index (κ3) is 11.9. The van der Waals surface area contributed by atoms with Crippen LogP contribution in [-0.4, -0.2) is 76.9 Å². The molecule has 2 heterocycles. The summed E-state index contributed by atoms with van der Waals surface area (Å²) in [5.74, 6) is -1.47. The lowest BCUT2D eigenvalue weighted by Crippen LogP contribution is -2.55. The number of nitrogens with zero attached hydrogens (tertiary/aromatic N) is 3. The van der Waals surface area contributed by atoms with E-state index in [0.717, 1.165) is 21.4 Å². The van der Waals surface area contributed by atoms with Gasteiger partial charge < -0.3 is 36.5 Å². The first-order valence-corrected chi connectivity index (χ1v) is 20.3. The maximum Gasteiger partial charge on any atom is 0.408 e. The van der Waals surface area contributed by atoms with Crippen LogP contribution in [0.1, 0.15) is 52.2 Å². The highest BCUT2D eigenvalue weighted by Crippen LogP contribution is 2.27. The quantitative estimate of drug-likeness (QED) is 0.0367. The summed E-state index contributed by atoms with van der Waals surface area (Å²) < 4.78 is 12.6. The minimum absolute atomic E-state index is 0.00882. The molecule has 0 bridgehead atoms. The van der Waals surface area contributed by atoms with Crippen molar-refractivity contribution in [2.45, 2.75) is 69.5 Å². The maximum absolute atomic E-state index is 14.7. The molecule has 58 heavy (non-hydrogen) atoms. The number of fused-ring (bicyclic) bond motifs is 1. The number of ether oxygens (including phenoxy) is 2. The van der Waals surface area contributed by atoms with Crippen LogP contribution >= 0.6 is 22.9 Å². The van der Waals surface area contributed by atoms with E-state index >= 15 is 0 Å². The number of rotatable bonds is 18. The van der Waals surface area contributed by atoms with Crippen molar-refractivity contribution >= 4 is 62.8 Å². The number of ketones is 1. The fourth-order valence-corrected chi connectivity index (χ4v) is 7.78. The molecular weight excluding hydrogens is 778 g/mol. The Labute approximate surface area is 345 Å². The first-order chi connectivity index (χ1) is 28.1. The number of alkyl carbamates (subject to hydrolysis) is 1. The number of halogens is 1. The van der Waals surface area contributed by atoms with E-state index in [-0.39, 0.29) is 62.3 Å². The minimum atomic E-state index is -1.05. The van der Waals surface area contributed by atoms with E-state index in [1.807, 2.05) is 97.1 Å².